The summed E-state index contributed by atoms with van der Waals surface area (Å²) in [6, 6.07) is 3.09. The Morgan fingerprint density at radius 1 is 1.24 bits per heavy atom. The number of imidazole rings is 1. The van der Waals surface area contributed by atoms with Crippen LogP contribution in [0.4, 0.5) is 0 Å². The lowest BCUT2D eigenvalue weighted by Crippen LogP contribution is -2.37. The Labute approximate surface area is 145 Å². The standard InChI is InChI=1S/C17H22N2O6/c1-9-10(2)19(23)17(18(9)3)12(8-15(20)21)11-6-13(24-4)16(22)14(7-11)25-5/h6-7,12H,8H2,1-5H3,(H2-,20,21,22,23)/p+1. The molecule has 1 heterocycles. The Morgan fingerprint density at radius 2 is 1.76 bits per heavy atom. The Balaban J connectivity index is 2.72. The summed E-state index contributed by atoms with van der Waals surface area (Å²) in [5.74, 6) is -1.13. The van der Waals surface area contributed by atoms with E-state index in [0.29, 0.717) is 17.1 Å². The van der Waals surface area contributed by atoms with Crippen LogP contribution in [0.2, 0.25) is 0 Å². The molecule has 0 saturated carbocycles. The van der Waals surface area contributed by atoms with Gasteiger partial charge in [0.15, 0.2) is 17.2 Å². The highest BCUT2D eigenvalue weighted by Crippen LogP contribution is 2.41. The molecule has 0 amide bonds. The molecule has 25 heavy (non-hydrogen) atoms. The number of aromatic hydroxyl groups is 1. The van der Waals surface area contributed by atoms with Gasteiger partial charge in [0.05, 0.1) is 27.7 Å². The number of carboxylic acids is 1. The van der Waals surface area contributed by atoms with Crippen LogP contribution >= 0.6 is 0 Å². The zero-order chi connectivity index (χ0) is 18.9. The molecule has 2 aromatic rings. The number of ether oxygens (including phenoxy) is 2. The molecule has 0 aliphatic rings. The minimum atomic E-state index is -1.02. The molecule has 0 aliphatic heterocycles. The number of aliphatic carboxylic acids is 1. The molecule has 136 valence electrons. The highest BCUT2D eigenvalue weighted by atomic mass is 16.5. The number of phenols is 1. The lowest BCUT2D eigenvalue weighted by atomic mass is 9.94. The van der Waals surface area contributed by atoms with Gasteiger partial charge in [-0.15, -0.1) is 0 Å². The van der Waals surface area contributed by atoms with Gasteiger partial charge >= 0.3 is 11.8 Å². The van der Waals surface area contributed by atoms with Gasteiger partial charge in [0, 0.05) is 13.8 Å². The Bertz CT molecular complexity index is 761. The van der Waals surface area contributed by atoms with Crippen LogP contribution in [0.5, 0.6) is 17.2 Å². The summed E-state index contributed by atoms with van der Waals surface area (Å²) >= 11 is 0. The SMILES string of the molecule is COc1cc(C(CC(=O)O)c2n(O)c(C)c(C)[n+]2C)cc(OC)c1O. The Kier molecular flexibility index (Phi) is 5.10. The molecule has 1 aromatic heterocycles. The van der Waals surface area contributed by atoms with Gasteiger partial charge in [-0.05, 0) is 22.4 Å². The minimum absolute atomic E-state index is 0.164. The van der Waals surface area contributed by atoms with Crippen molar-refractivity contribution in [2.45, 2.75) is 26.2 Å². The van der Waals surface area contributed by atoms with Gasteiger partial charge < -0.3 is 24.9 Å². The van der Waals surface area contributed by atoms with Gasteiger partial charge in [0.1, 0.15) is 11.6 Å². The minimum Gasteiger partial charge on any atom is -0.502 e. The van der Waals surface area contributed by atoms with Gasteiger partial charge in [-0.25, -0.2) is 4.57 Å². The molecule has 0 fully saturated rings. The van der Waals surface area contributed by atoms with Crippen molar-refractivity contribution in [3.8, 4) is 17.2 Å². The number of hydrogen-bond acceptors (Lipinski definition) is 5. The summed E-state index contributed by atoms with van der Waals surface area (Å²) in [5.41, 5.74) is 1.97. The first-order chi connectivity index (χ1) is 11.7. The molecule has 0 spiro atoms. The first kappa shape index (κ1) is 18.4. The summed E-state index contributed by atoms with van der Waals surface area (Å²) in [5, 5.41) is 29.9. The molecule has 8 nitrogen and oxygen atoms in total. The third-order valence-corrected chi connectivity index (χ3v) is 4.50. The summed E-state index contributed by atoms with van der Waals surface area (Å²) in [7, 11) is 4.55. The average Bonchev–Trinajstić information content (AvgIpc) is 2.76. The quantitative estimate of drug-likeness (QED) is 0.538. The largest absolute Gasteiger partial charge is 0.502 e. The maximum Gasteiger partial charge on any atom is 0.304 e. The third kappa shape index (κ3) is 3.19. The summed E-state index contributed by atoms with van der Waals surface area (Å²) in [6.45, 7) is 3.58. The normalized spacial score (nSPS) is 12.0. The van der Waals surface area contributed by atoms with Gasteiger partial charge in [0.2, 0.25) is 5.75 Å². The van der Waals surface area contributed by atoms with E-state index >= 15 is 0 Å². The smallest absolute Gasteiger partial charge is 0.304 e. The van der Waals surface area contributed by atoms with Crippen molar-refractivity contribution in [3.05, 3.63) is 34.9 Å². The van der Waals surface area contributed by atoms with Crippen molar-refractivity contribution < 1.29 is 34.3 Å². The van der Waals surface area contributed by atoms with Crippen molar-refractivity contribution in [1.82, 2.24) is 4.73 Å². The first-order valence-corrected chi connectivity index (χ1v) is 7.66. The van der Waals surface area contributed by atoms with Crippen molar-refractivity contribution in [1.29, 1.82) is 0 Å². The molecule has 2 rings (SSSR count). The van der Waals surface area contributed by atoms with Crippen LogP contribution in [-0.4, -0.2) is 40.3 Å². The molecular formula is C17H23N2O6+. The van der Waals surface area contributed by atoms with Crippen LogP contribution in [0.15, 0.2) is 12.1 Å². The topological polar surface area (TPSA) is 105 Å². The van der Waals surface area contributed by atoms with Crippen molar-refractivity contribution >= 4 is 5.97 Å². The second-order valence-corrected chi connectivity index (χ2v) is 5.82. The van der Waals surface area contributed by atoms with Crippen LogP contribution in [-0.2, 0) is 11.8 Å². The number of benzene rings is 1. The number of rotatable bonds is 6. The van der Waals surface area contributed by atoms with Gasteiger partial charge in [-0.1, -0.05) is 0 Å². The van der Waals surface area contributed by atoms with E-state index < -0.39 is 11.9 Å². The summed E-state index contributed by atoms with van der Waals surface area (Å²) < 4.78 is 13.0. The molecule has 0 aliphatic carbocycles. The predicted octanol–water partition coefficient (Wildman–Crippen LogP) is 1.50. The molecular weight excluding hydrogens is 328 g/mol. The van der Waals surface area contributed by atoms with Gasteiger partial charge in [-0.2, -0.15) is 0 Å². The fourth-order valence-corrected chi connectivity index (χ4v) is 2.91. The summed E-state index contributed by atoms with van der Waals surface area (Å²) in [6.07, 6.45) is -0.256. The molecule has 1 atom stereocenters. The molecule has 0 saturated heterocycles. The Hall–Kier alpha value is -2.90. The van der Waals surface area contributed by atoms with Crippen LogP contribution < -0.4 is 14.0 Å². The average molecular weight is 351 g/mol. The van der Waals surface area contributed by atoms with Crippen LogP contribution in [0, 0.1) is 13.8 Å². The van der Waals surface area contributed by atoms with Crippen molar-refractivity contribution in [3.63, 3.8) is 0 Å². The van der Waals surface area contributed by atoms with E-state index in [0.717, 1.165) is 10.4 Å². The molecule has 8 heteroatoms. The first-order valence-electron chi connectivity index (χ1n) is 7.66. The monoisotopic (exact) mass is 351 g/mol. The van der Waals surface area contributed by atoms with E-state index in [-0.39, 0.29) is 23.7 Å². The molecule has 1 unspecified atom stereocenters. The number of nitrogens with zero attached hydrogens (tertiary/aromatic N) is 2. The lowest BCUT2D eigenvalue weighted by molar-refractivity contribution is -0.686. The van der Waals surface area contributed by atoms with E-state index in [4.69, 9.17) is 9.47 Å². The molecule has 0 radical (unpaired) electrons. The predicted molar refractivity (Wildman–Crippen MR) is 87.6 cm³/mol. The van der Waals surface area contributed by atoms with Crippen molar-refractivity contribution in [2.24, 2.45) is 7.05 Å². The molecule has 0 bridgehead atoms. The fraction of sp³-hybridized carbons (Fsp3) is 0.412. The number of carboxylic acid groups (broad SMARTS) is 1. The molecule has 1 aromatic carbocycles. The highest BCUT2D eigenvalue weighted by Gasteiger charge is 2.35. The van der Waals surface area contributed by atoms with E-state index in [9.17, 15) is 20.2 Å². The van der Waals surface area contributed by atoms with E-state index in [2.05, 4.69) is 0 Å². The van der Waals surface area contributed by atoms with E-state index in [1.807, 2.05) is 6.92 Å². The number of methoxy groups -OCH3 is 2. The van der Waals surface area contributed by atoms with Crippen LogP contribution in [0.3, 0.4) is 0 Å². The number of phenolic OH excluding ortho intramolecular Hbond substituents is 1. The highest BCUT2D eigenvalue weighted by molar-refractivity contribution is 5.69. The van der Waals surface area contributed by atoms with Gasteiger partial charge in [-0.3, -0.25) is 4.79 Å². The van der Waals surface area contributed by atoms with Crippen LogP contribution in [0.25, 0.3) is 0 Å². The fourth-order valence-electron chi connectivity index (χ4n) is 2.91. The maximum atomic E-state index is 11.4. The van der Waals surface area contributed by atoms with Crippen molar-refractivity contribution in [2.75, 3.05) is 14.2 Å². The lowest BCUT2D eigenvalue weighted by Gasteiger charge is -2.16. The molecule has 3 N–H and O–H groups in total. The Morgan fingerprint density at radius 3 is 2.12 bits per heavy atom. The van der Waals surface area contributed by atoms with E-state index in [1.54, 1.807) is 30.7 Å². The third-order valence-electron chi connectivity index (χ3n) is 4.50. The number of carbonyl (C=O) groups is 1. The zero-order valence-electron chi connectivity index (χ0n) is 14.9. The van der Waals surface area contributed by atoms with E-state index in [1.165, 1.54) is 14.2 Å². The second kappa shape index (κ2) is 6.92. The number of aromatic nitrogens is 2. The van der Waals surface area contributed by atoms with Gasteiger partial charge in [0.25, 0.3) is 0 Å². The second-order valence-electron chi connectivity index (χ2n) is 5.82. The zero-order valence-corrected chi connectivity index (χ0v) is 14.9. The maximum absolute atomic E-state index is 11.4. The summed E-state index contributed by atoms with van der Waals surface area (Å²) in [4.78, 5) is 11.4. The number of hydrogen-bond donors (Lipinski definition) is 3. The van der Waals surface area contributed by atoms with Crippen LogP contribution in [0.1, 0.15) is 35.1 Å².